The maximum absolute atomic E-state index is 14.2. The Bertz CT molecular complexity index is 1480. The number of aromatic nitrogens is 5. The first-order valence-corrected chi connectivity index (χ1v) is 13.2. The largest absolute Gasteiger partial charge is 0.490 e. The summed E-state index contributed by atoms with van der Waals surface area (Å²) in [6.07, 6.45) is 8.50. The molecule has 0 radical (unpaired) electrons. The van der Waals surface area contributed by atoms with Crippen LogP contribution >= 0.6 is 0 Å². The Kier molecular flexibility index (Phi) is 8.31. The molecule has 1 saturated heterocycles. The van der Waals surface area contributed by atoms with Crippen molar-refractivity contribution in [2.75, 3.05) is 32.7 Å². The highest BCUT2D eigenvalue weighted by Crippen LogP contribution is 2.26. The average molecular weight is 550 g/mol. The molecule has 0 spiro atoms. The summed E-state index contributed by atoms with van der Waals surface area (Å²) < 4.78 is 22.1. The molecule has 1 atom stereocenters. The monoisotopic (exact) mass is 549 g/mol. The van der Waals surface area contributed by atoms with Crippen LogP contribution in [0.3, 0.4) is 0 Å². The van der Waals surface area contributed by atoms with E-state index in [2.05, 4.69) is 30.3 Å². The third kappa shape index (κ3) is 6.43. The lowest BCUT2D eigenvalue weighted by molar-refractivity contribution is -0.117. The van der Waals surface area contributed by atoms with E-state index >= 15 is 0 Å². The number of nitrogens with one attached hydrogen (secondary N) is 2. The van der Waals surface area contributed by atoms with Crippen LogP contribution < -0.4 is 21.5 Å². The highest BCUT2D eigenvalue weighted by atomic mass is 19.1. The molecule has 0 bridgehead atoms. The lowest BCUT2D eigenvalue weighted by atomic mass is 10.1. The van der Waals surface area contributed by atoms with Crippen molar-refractivity contribution in [3.05, 3.63) is 60.6 Å². The summed E-state index contributed by atoms with van der Waals surface area (Å²) in [5.41, 5.74) is 13.8. The van der Waals surface area contributed by atoms with Crippen molar-refractivity contribution in [1.29, 1.82) is 0 Å². The minimum Gasteiger partial charge on any atom is -0.490 e. The van der Waals surface area contributed by atoms with E-state index in [0.717, 1.165) is 60.8 Å². The maximum Gasteiger partial charge on any atom is 0.251 e. The van der Waals surface area contributed by atoms with Gasteiger partial charge in [0, 0.05) is 74.1 Å². The summed E-state index contributed by atoms with van der Waals surface area (Å²) in [4.78, 5) is 37.3. The van der Waals surface area contributed by atoms with Crippen LogP contribution in [-0.2, 0) is 4.79 Å². The minimum atomic E-state index is -0.571. The van der Waals surface area contributed by atoms with Crippen LogP contribution in [0.1, 0.15) is 35.7 Å². The van der Waals surface area contributed by atoms with Crippen LogP contribution in [0, 0.1) is 5.82 Å². The molecule has 3 aromatic heterocycles. The van der Waals surface area contributed by atoms with Gasteiger partial charge < -0.3 is 31.4 Å². The highest BCUT2D eigenvalue weighted by molar-refractivity contribution is 5.94. The van der Waals surface area contributed by atoms with Gasteiger partial charge in [-0.15, -0.1) is 0 Å². The summed E-state index contributed by atoms with van der Waals surface area (Å²) in [5, 5.41) is 8.06. The Labute approximate surface area is 229 Å². The van der Waals surface area contributed by atoms with E-state index in [9.17, 15) is 14.0 Å². The van der Waals surface area contributed by atoms with E-state index in [4.69, 9.17) is 16.2 Å². The zero-order valence-electron chi connectivity index (χ0n) is 21.9. The quantitative estimate of drug-likeness (QED) is 0.219. The molecule has 4 heterocycles. The topological polar surface area (TPSA) is 170 Å². The number of hydrogen-bond acceptors (Lipinski definition) is 8. The van der Waals surface area contributed by atoms with Gasteiger partial charge in [-0.05, 0) is 31.0 Å². The molecule has 0 saturated carbocycles. The van der Waals surface area contributed by atoms with Crippen molar-refractivity contribution in [3.63, 3.8) is 0 Å². The number of aromatic amines is 1. The third-order valence-electron chi connectivity index (χ3n) is 6.97. The number of carbonyl (C=O) groups excluding carboxylic acids is 2. The van der Waals surface area contributed by atoms with Gasteiger partial charge in [0.1, 0.15) is 29.6 Å². The second-order valence-corrected chi connectivity index (χ2v) is 9.83. The number of nitrogens with two attached hydrogens (primary N) is 2. The second kappa shape index (κ2) is 12.2. The van der Waals surface area contributed by atoms with Crippen LogP contribution in [-0.4, -0.2) is 80.3 Å². The molecule has 6 N–H and O–H groups in total. The fourth-order valence-electron chi connectivity index (χ4n) is 4.89. The summed E-state index contributed by atoms with van der Waals surface area (Å²) in [6, 6.07) is 5.84. The van der Waals surface area contributed by atoms with E-state index in [1.807, 2.05) is 23.1 Å². The van der Waals surface area contributed by atoms with Crippen LogP contribution in [0.25, 0.3) is 22.3 Å². The lowest BCUT2D eigenvalue weighted by Crippen LogP contribution is -2.42. The molecule has 1 unspecified atom stereocenters. The molecule has 1 fully saturated rings. The van der Waals surface area contributed by atoms with E-state index in [1.165, 1.54) is 18.5 Å². The zero-order valence-corrected chi connectivity index (χ0v) is 21.9. The molecule has 1 aromatic carbocycles. The SMILES string of the molecule is NCC(CN1CCC(Oc2cc(F)cc(C(=O)NCCC(N)=O)c2)CC1)n1cc(-c2ncnc3[nH]ccc23)cn1. The fourth-order valence-corrected chi connectivity index (χ4v) is 4.89. The van der Waals surface area contributed by atoms with E-state index in [-0.39, 0.29) is 30.7 Å². The van der Waals surface area contributed by atoms with Crippen molar-refractivity contribution < 1.29 is 18.7 Å². The van der Waals surface area contributed by atoms with Crippen LogP contribution in [0.4, 0.5) is 4.39 Å². The number of primary amides is 1. The molecule has 210 valence electrons. The number of carbonyl (C=O) groups is 2. The number of fused-ring (bicyclic) bond motifs is 1. The summed E-state index contributed by atoms with van der Waals surface area (Å²) in [6.45, 7) is 2.79. The normalized spacial score (nSPS) is 15.2. The van der Waals surface area contributed by atoms with Crippen molar-refractivity contribution in [2.45, 2.75) is 31.4 Å². The van der Waals surface area contributed by atoms with Gasteiger partial charge >= 0.3 is 0 Å². The van der Waals surface area contributed by atoms with Crippen molar-refractivity contribution in [3.8, 4) is 17.0 Å². The third-order valence-corrected chi connectivity index (χ3v) is 6.97. The maximum atomic E-state index is 14.2. The first-order chi connectivity index (χ1) is 19.4. The number of amides is 2. The number of likely N-dealkylation sites (tertiary alicyclic amines) is 1. The zero-order chi connectivity index (χ0) is 28.1. The standard InChI is InChI=1S/C27H32FN9O3/c28-19-9-17(27(39)32-6-2-24(30)38)10-22(11-19)40-21-3-7-36(8-4-21)15-20(12-29)37-14-18(13-35-37)25-23-1-5-31-26(23)34-16-33-25/h1,5,9-11,13-14,16,20-21H,2-4,6-8,12,15,29H2,(H2,30,38)(H,32,39)(H,31,33,34). The van der Waals surface area contributed by atoms with Crippen molar-refractivity contribution in [1.82, 2.24) is 34.9 Å². The molecular weight excluding hydrogens is 517 g/mol. The first-order valence-electron chi connectivity index (χ1n) is 13.2. The number of piperidine rings is 1. The number of H-pyrrole nitrogens is 1. The van der Waals surface area contributed by atoms with Crippen LogP contribution in [0.2, 0.25) is 0 Å². The number of ether oxygens (including phenoxy) is 1. The van der Waals surface area contributed by atoms with Crippen LogP contribution in [0.5, 0.6) is 5.75 Å². The predicted octanol–water partition coefficient (Wildman–Crippen LogP) is 1.61. The minimum absolute atomic E-state index is 0.00852. The van der Waals surface area contributed by atoms with Crippen molar-refractivity contribution in [2.24, 2.45) is 11.5 Å². The Morgan fingerprint density at radius 1 is 1.23 bits per heavy atom. The number of halogens is 1. The molecule has 2 amide bonds. The lowest BCUT2D eigenvalue weighted by Gasteiger charge is -2.34. The molecule has 12 nitrogen and oxygen atoms in total. The van der Waals surface area contributed by atoms with E-state index < -0.39 is 17.6 Å². The second-order valence-electron chi connectivity index (χ2n) is 9.83. The van der Waals surface area contributed by atoms with Gasteiger partial charge in [-0.3, -0.25) is 14.3 Å². The number of hydrogen-bond donors (Lipinski definition) is 4. The highest BCUT2D eigenvalue weighted by Gasteiger charge is 2.24. The smallest absolute Gasteiger partial charge is 0.251 e. The Morgan fingerprint density at radius 2 is 2.05 bits per heavy atom. The van der Waals surface area contributed by atoms with E-state index in [1.54, 1.807) is 6.20 Å². The number of benzene rings is 1. The molecule has 5 rings (SSSR count). The van der Waals surface area contributed by atoms with Gasteiger partial charge in [-0.1, -0.05) is 0 Å². The predicted molar refractivity (Wildman–Crippen MR) is 146 cm³/mol. The van der Waals surface area contributed by atoms with E-state index in [0.29, 0.717) is 12.3 Å². The molecule has 1 aliphatic rings. The summed E-state index contributed by atoms with van der Waals surface area (Å²) in [7, 11) is 0. The Balaban J connectivity index is 1.15. The molecule has 1 aliphatic heterocycles. The average Bonchev–Trinajstić information content (AvgIpc) is 3.62. The number of rotatable bonds is 11. The van der Waals surface area contributed by atoms with Gasteiger partial charge in [-0.2, -0.15) is 5.10 Å². The molecule has 0 aliphatic carbocycles. The van der Waals surface area contributed by atoms with Gasteiger partial charge in [0.05, 0.1) is 17.9 Å². The van der Waals surface area contributed by atoms with Gasteiger partial charge in [-0.25, -0.2) is 14.4 Å². The summed E-state index contributed by atoms with van der Waals surface area (Å²) >= 11 is 0. The van der Waals surface area contributed by atoms with Crippen molar-refractivity contribution >= 4 is 22.8 Å². The molecular formula is C27H32FN9O3. The fraction of sp³-hybridized carbons (Fsp3) is 0.370. The molecule has 40 heavy (non-hydrogen) atoms. The Hall–Kier alpha value is -4.36. The number of nitrogens with zero attached hydrogens (tertiary/aromatic N) is 5. The van der Waals surface area contributed by atoms with Crippen LogP contribution in [0.15, 0.2) is 49.2 Å². The molecule has 4 aromatic rings. The van der Waals surface area contributed by atoms with Gasteiger partial charge in [0.2, 0.25) is 5.91 Å². The first kappa shape index (κ1) is 27.2. The Morgan fingerprint density at radius 3 is 2.83 bits per heavy atom. The van der Waals surface area contributed by atoms with Gasteiger partial charge in [0.15, 0.2) is 0 Å². The molecule has 13 heteroatoms. The summed E-state index contributed by atoms with van der Waals surface area (Å²) in [5.74, 6) is -1.29. The van der Waals surface area contributed by atoms with Gasteiger partial charge in [0.25, 0.3) is 5.91 Å².